The van der Waals surface area contributed by atoms with Crippen LogP contribution >= 0.6 is 27.5 Å². The van der Waals surface area contributed by atoms with Gasteiger partial charge in [0.05, 0.1) is 6.54 Å². The molecule has 3 rings (SSSR count). The van der Waals surface area contributed by atoms with E-state index in [0.717, 1.165) is 11.3 Å². The largest absolute Gasteiger partial charge is 0.488 e. The monoisotopic (exact) mass is 373 g/mol. The van der Waals surface area contributed by atoms with Crippen molar-refractivity contribution in [1.82, 2.24) is 0 Å². The third kappa shape index (κ3) is 3.14. The van der Waals surface area contributed by atoms with Gasteiger partial charge in [-0.15, -0.1) is 0 Å². The quantitative estimate of drug-likeness (QED) is 0.833. The Labute approximate surface area is 134 Å². The van der Waals surface area contributed by atoms with Crippen LogP contribution in [0.4, 0.5) is 14.5 Å². The molecule has 0 saturated carbocycles. The second kappa shape index (κ2) is 5.81. The highest BCUT2D eigenvalue weighted by Gasteiger charge is 2.23. The summed E-state index contributed by atoms with van der Waals surface area (Å²) < 4.78 is 33.5. The van der Waals surface area contributed by atoms with Gasteiger partial charge >= 0.3 is 0 Å². The second-order valence-corrected chi connectivity index (χ2v) is 6.17. The fourth-order valence-electron chi connectivity index (χ4n) is 2.33. The molecule has 2 aromatic rings. The third-order valence-corrected chi connectivity index (χ3v) is 3.97. The molecule has 2 aromatic carbocycles. The van der Waals surface area contributed by atoms with E-state index in [2.05, 4.69) is 21.2 Å². The summed E-state index contributed by atoms with van der Waals surface area (Å²) in [4.78, 5) is 0. The molecule has 1 aliphatic rings. The number of hydrogen-bond acceptors (Lipinski definition) is 2. The molecule has 0 radical (unpaired) electrons. The Bertz CT molecular complexity index is 672. The SMILES string of the molecule is Fc1cc(Br)cc(F)c1NCC1Cc2cc(Cl)ccc2O1. The molecule has 1 unspecified atom stereocenters. The van der Waals surface area contributed by atoms with Crippen molar-refractivity contribution in [3.05, 3.63) is 57.0 Å². The molecule has 1 aliphatic heterocycles. The molecule has 1 heterocycles. The molecule has 0 bridgehead atoms. The lowest BCUT2D eigenvalue weighted by molar-refractivity contribution is 0.246. The second-order valence-electron chi connectivity index (χ2n) is 4.82. The molecular formula is C15H11BrClF2NO. The third-order valence-electron chi connectivity index (χ3n) is 3.28. The number of rotatable bonds is 3. The molecule has 110 valence electrons. The molecule has 0 amide bonds. The Morgan fingerprint density at radius 2 is 1.95 bits per heavy atom. The van der Waals surface area contributed by atoms with Crippen LogP contribution < -0.4 is 10.1 Å². The van der Waals surface area contributed by atoms with Crippen LogP contribution in [0.1, 0.15) is 5.56 Å². The first-order valence-electron chi connectivity index (χ1n) is 6.36. The van der Waals surface area contributed by atoms with E-state index >= 15 is 0 Å². The summed E-state index contributed by atoms with van der Waals surface area (Å²) >= 11 is 8.97. The zero-order chi connectivity index (χ0) is 15.0. The van der Waals surface area contributed by atoms with E-state index in [-0.39, 0.29) is 11.8 Å². The van der Waals surface area contributed by atoms with E-state index < -0.39 is 11.6 Å². The van der Waals surface area contributed by atoms with Gasteiger partial charge in [0.15, 0.2) is 0 Å². The van der Waals surface area contributed by atoms with Crippen molar-refractivity contribution in [2.75, 3.05) is 11.9 Å². The summed E-state index contributed by atoms with van der Waals surface area (Å²) in [7, 11) is 0. The van der Waals surface area contributed by atoms with Crippen LogP contribution in [0.5, 0.6) is 5.75 Å². The van der Waals surface area contributed by atoms with E-state index in [1.165, 1.54) is 12.1 Å². The lowest BCUT2D eigenvalue weighted by atomic mass is 10.1. The number of anilines is 1. The molecule has 0 aromatic heterocycles. The van der Waals surface area contributed by atoms with E-state index in [4.69, 9.17) is 16.3 Å². The minimum atomic E-state index is -0.638. The summed E-state index contributed by atoms with van der Waals surface area (Å²) in [6, 6.07) is 7.84. The Kier molecular flexibility index (Phi) is 4.04. The van der Waals surface area contributed by atoms with Crippen molar-refractivity contribution in [3.8, 4) is 5.75 Å². The standard InChI is InChI=1S/C15H11BrClF2NO/c16-9-5-12(18)15(13(19)6-9)20-7-11-4-8-3-10(17)1-2-14(8)21-11/h1-3,5-6,11,20H,4,7H2. The van der Waals surface area contributed by atoms with Crippen molar-refractivity contribution < 1.29 is 13.5 Å². The van der Waals surface area contributed by atoms with Gasteiger partial charge < -0.3 is 10.1 Å². The average Bonchev–Trinajstić information content (AvgIpc) is 2.79. The zero-order valence-corrected chi connectivity index (χ0v) is 13.1. The van der Waals surface area contributed by atoms with Crippen LogP contribution in [-0.2, 0) is 6.42 Å². The minimum absolute atomic E-state index is 0.143. The predicted molar refractivity (Wildman–Crippen MR) is 82.1 cm³/mol. The Morgan fingerprint density at radius 3 is 2.67 bits per heavy atom. The fourth-order valence-corrected chi connectivity index (χ4v) is 2.93. The topological polar surface area (TPSA) is 21.3 Å². The smallest absolute Gasteiger partial charge is 0.150 e. The van der Waals surface area contributed by atoms with Gasteiger partial charge in [-0.3, -0.25) is 0 Å². The van der Waals surface area contributed by atoms with Crippen LogP contribution in [0.2, 0.25) is 5.02 Å². The molecule has 1 atom stereocenters. The maximum Gasteiger partial charge on any atom is 0.150 e. The Balaban J connectivity index is 1.68. The molecule has 0 aliphatic carbocycles. The first kappa shape index (κ1) is 14.6. The van der Waals surface area contributed by atoms with Crippen LogP contribution in [0.3, 0.4) is 0 Å². The Morgan fingerprint density at radius 1 is 1.24 bits per heavy atom. The number of benzene rings is 2. The van der Waals surface area contributed by atoms with Crippen molar-refractivity contribution in [2.45, 2.75) is 12.5 Å². The molecule has 0 saturated heterocycles. The maximum absolute atomic E-state index is 13.7. The van der Waals surface area contributed by atoms with Gasteiger partial charge in [0.25, 0.3) is 0 Å². The number of halogens is 4. The average molecular weight is 375 g/mol. The van der Waals surface area contributed by atoms with Crippen LogP contribution in [0.15, 0.2) is 34.8 Å². The van der Waals surface area contributed by atoms with Crippen molar-refractivity contribution in [3.63, 3.8) is 0 Å². The van der Waals surface area contributed by atoms with E-state index in [1.807, 2.05) is 6.07 Å². The molecule has 0 spiro atoms. The first-order valence-corrected chi connectivity index (χ1v) is 7.53. The maximum atomic E-state index is 13.7. The first-order chi connectivity index (χ1) is 10.0. The lowest BCUT2D eigenvalue weighted by Gasteiger charge is -2.14. The van der Waals surface area contributed by atoms with E-state index in [0.29, 0.717) is 22.5 Å². The Hall–Kier alpha value is -1.33. The predicted octanol–water partition coefficient (Wildman–Crippen LogP) is 4.80. The molecule has 0 fully saturated rings. The van der Waals surface area contributed by atoms with Gasteiger partial charge in [0.1, 0.15) is 29.2 Å². The van der Waals surface area contributed by atoms with Gasteiger partial charge in [0, 0.05) is 15.9 Å². The van der Waals surface area contributed by atoms with Crippen molar-refractivity contribution >= 4 is 33.2 Å². The fraction of sp³-hybridized carbons (Fsp3) is 0.200. The summed E-state index contributed by atoms with van der Waals surface area (Å²) in [5.74, 6) is -0.510. The number of ether oxygens (including phenoxy) is 1. The molecule has 1 N–H and O–H groups in total. The molecule has 6 heteroatoms. The highest BCUT2D eigenvalue weighted by Crippen LogP contribution is 2.31. The van der Waals surface area contributed by atoms with Gasteiger partial charge in [-0.1, -0.05) is 27.5 Å². The van der Waals surface area contributed by atoms with Gasteiger partial charge in [-0.25, -0.2) is 8.78 Å². The molecule has 21 heavy (non-hydrogen) atoms. The van der Waals surface area contributed by atoms with Crippen molar-refractivity contribution in [2.24, 2.45) is 0 Å². The highest BCUT2D eigenvalue weighted by molar-refractivity contribution is 9.10. The van der Waals surface area contributed by atoms with E-state index in [9.17, 15) is 8.78 Å². The minimum Gasteiger partial charge on any atom is -0.488 e. The van der Waals surface area contributed by atoms with Crippen molar-refractivity contribution in [1.29, 1.82) is 0 Å². The zero-order valence-electron chi connectivity index (χ0n) is 10.8. The number of nitrogens with one attached hydrogen (secondary N) is 1. The molecule has 2 nitrogen and oxygen atoms in total. The summed E-state index contributed by atoms with van der Waals surface area (Å²) in [6.07, 6.45) is 0.476. The van der Waals surface area contributed by atoms with E-state index in [1.54, 1.807) is 12.1 Å². The lowest BCUT2D eigenvalue weighted by Crippen LogP contribution is -2.24. The summed E-state index contributed by atoms with van der Waals surface area (Å²) in [6.45, 7) is 0.307. The highest BCUT2D eigenvalue weighted by atomic mass is 79.9. The summed E-state index contributed by atoms with van der Waals surface area (Å²) in [5.41, 5.74) is 0.863. The van der Waals surface area contributed by atoms with Crippen LogP contribution in [0.25, 0.3) is 0 Å². The van der Waals surface area contributed by atoms with Gasteiger partial charge in [-0.05, 0) is 35.9 Å². The van der Waals surface area contributed by atoms with Crippen LogP contribution in [0, 0.1) is 11.6 Å². The van der Waals surface area contributed by atoms with Gasteiger partial charge in [-0.2, -0.15) is 0 Å². The number of fused-ring (bicyclic) bond motifs is 1. The van der Waals surface area contributed by atoms with Crippen LogP contribution in [-0.4, -0.2) is 12.6 Å². The number of hydrogen-bond donors (Lipinski definition) is 1. The van der Waals surface area contributed by atoms with Gasteiger partial charge in [0.2, 0.25) is 0 Å². The summed E-state index contributed by atoms with van der Waals surface area (Å²) in [5, 5.41) is 3.42. The molecular weight excluding hydrogens is 364 g/mol. The normalized spacial score (nSPS) is 16.5.